The summed E-state index contributed by atoms with van der Waals surface area (Å²) in [6, 6.07) is 12.0. The Bertz CT molecular complexity index is 954. The summed E-state index contributed by atoms with van der Waals surface area (Å²) in [5.74, 6) is 0. The van der Waals surface area contributed by atoms with Crippen LogP contribution in [0.3, 0.4) is 0 Å². The molecule has 0 aliphatic carbocycles. The van der Waals surface area contributed by atoms with E-state index < -0.39 is 15.5 Å². The predicted octanol–water partition coefficient (Wildman–Crippen LogP) is 0.660. The van der Waals surface area contributed by atoms with E-state index in [1.54, 1.807) is 12.1 Å². The number of anilines is 1. The van der Waals surface area contributed by atoms with Gasteiger partial charge in [0.1, 0.15) is 0 Å². The number of sulfone groups is 1. The van der Waals surface area contributed by atoms with Crippen LogP contribution in [0.1, 0.15) is 0 Å². The summed E-state index contributed by atoms with van der Waals surface area (Å²) in [5, 5.41) is 2.38. The van der Waals surface area contributed by atoms with Gasteiger partial charge in [0.25, 0.3) is 6.20 Å². The molecule has 0 aliphatic heterocycles. The second-order valence-corrected chi connectivity index (χ2v) is 6.53. The van der Waals surface area contributed by atoms with Crippen LogP contribution in [0.5, 0.6) is 0 Å². The van der Waals surface area contributed by atoms with Crippen LogP contribution in [0.4, 0.5) is 5.69 Å². The molecule has 0 saturated carbocycles. The summed E-state index contributed by atoms with van der Waals surface area (Å²) in [6.07, 6.45) is 1.21. The quantitative estimate of drug-likeness (QED) is 0.544. The van der Waals surface area contributed by atoms with Crippen LogP contribution in [-0.4, -0.2) is 13.7 Å². The van der Waals surface area contributed by atoms with Crippen LogP contribution in [0.25, 0.3) is 5.69 Å². The summed E-state index contributed by atoms with van der Waals surface area (Å²) in [4.78, 5) is 11.3. The summed E-state index contributed by atoms with van der Waals surface area (Å²) in [6.45, 7) is 0. The highest BCUT2D eigenvalue weighted by Crippen LogP contribution is 2.21. The Morgan fingerprint density at radius 3 is 2.00 bits per heavy atom. The van der Waals surface area contributed by atoms with Gasteiger partial charge in [-0.25, -0.2) is 13.2 Å². The maximum absolute atomic E-state index is 12.5. The zero-order valence-corrected chi connectivity index (χ0v) is 12.1. The monoisotopic (exact) mass is 318 g/mol. The van der Waals surface area contributed by atoms with E-state index in [1.165, 1.54) is 47.3 Å². The maximum atomic E-state index is 12.5. The summed E-state index contributed by atoms with van der Waals surface area (Å²) in [5.41, 5.74) is 6.10. The molecular weight excluding hydrogens is 306 g/mol. The molecular formula is C14H12N3O4S+. The van der Waals surface area contributed by atoms with Crippen LogP contribution in [0.15, 0.2) is 73.8 Å². The number of aromatic amines is 1. The number of aromatic nitrogens is 2. The Balaban J connectivity index is 1.98. The number of hydrogen-bond donors (Lipinski definition) is 2. The van der Waals surface area contributed by atoms with Crippen molar-refractivity contribution in [2.75, 3.05) is 5.73 Å². The van der Waals surface area contributed by atoms with Gasteiger partial charge in [0.15, 0.2) is 0 Å². The van der Waals surface area contributed by atoms with Crippen molar-refractivity contribution in [1.29, 1.82) is 0 Å². The lowest BCUT2D eigenvalue weighted by Gasteiger charge is -2.04. The zero-order valence-electron chi connectivity index (χ0n) is 11.3. The molecule has 2 aromatic carbocycles. The number of benzene rings is 2. The van der Waals surface area contributed by atoms with Gasteiger partial charge in [0, 0.05) is 17.8 Å². The first kappa shape index (κ1) is 14.1. The highest BCUT2D eigenvalue weighted by molar-refractivity contribution is 7.91. The molecule has 0 bridgehead atoms. The topological polar surface area (TPSA) is 110 Å². The van der Waals surface area contributed by atoms with Crippen molar-refractivity contribution in [1.82, 2.24) is 5.27 Å². The van der Waals surface area contributed by atoms with Gasteiger partial charge in [-0.15, -0.1) is 0 Å². The van der Waals surface area contributed by atoms with Crippen molar-refractivity contribution < 1.29 is 17.6 Å². The maximum Gasteiger partial charge on any atom is 0.427 e. The van der Waals surface area contributed by atoms with Gasteiger partial charge in [-0.05, 0) is 46.4 Å². The molecule has 112 valence electrons. The van der Waals surface area contributed by atoms with Gasteiger partial charge in [0.05, 0.1) is 9.79 Å². The van der Waals surface area contributed by atoms with Crippen LogP contribution < -0.4 is 16.0 Å². The molecule has 8 heteroatoms. The first-order valence-corrected chi connectivity index (χ1v) is 7.76. The molecule has 22 heavy (non-hydrogen) atoms. The van der Waals surface area contributed by atoms with E-state index in [0.717, 1.165) is 0 Å². The number of nitrogens with one attached hydrogen (secondary N) is 1. The van der Waals surface area contributed by atoms with Crippen molar-refractivity contribution >= 4 is 15.5 Å². The van der Waals surface area contributed by atoms with Gasteiger partial charge in [-0.2, -0.15) is 0 Å². The number of nitrogens with two attached hydrogens (primary N) is 1. The lowest BCUT2D eigenvalue weighted by Crippen LogP contribution is -2.32. The molecule has 0 spiro atoms. The van der Waals surface area contributed by atoms with Crippen LogP contribution in [-0.2, 0) is 9.84 Å². The SMILES string of the molecule is Nc1ccc(S(=O)(=O)c2ccc(-[n+]3cc(=O)o[nH]3)cc2)cc1. The van der Waals surface area contributed by atoms with E-state index in [2.05, 4.69) is 9.79 Å². The average Bonchev–Trinajstić information content (AvgIpc) is 2.94. The van der Waals surface area contributed by atoms with Crippen molar-refractivity contribution in [2.24, 2.45) is 0 Å². The molecule has 1 heterocycles. The van der Waals surface area contributed by atoms with Crippen LogP contribution in [0.2, 0.25) is 0 Å². The highest BCUT2D eigenvalue weighted by atomic mass is 32.2. The van der Waals surface area contributed by atoms with Crippen LogP contribution >= 0.6 is 0 Å². The molecule has 0 fully saturated rings. The first-order chi connectivity index (χ1) is 10.5. The minimum absolute atomic E-state index is 0.146. The molecule has 0 radical (unpaired) electrons. The molecule has 3 aromatic rings. The van der Waals surface area contributed by atoms with Gasteiger partial charge in [-0.3, -0.25) is 4.52 Å². The molecule has 0 aliphatic rings. The molecule has 1 aromatic heterocycles. The number of hydrogen-bond acceptors (Lipinski definition) is 5. The third-order valence-corrected chi connectivity index (χ3v) is 4.88. The number of nitrogens with zero attached hydrogens (tertiary/aromatic N) is 1. The smallest absolute Gasteiger partial charge is 0.399 e. The Morgan fingerprint density at radius 1 is 0.955 bits per heavy atom. The second kappa shape index (κ2) is 5.15. The fourth-order valence-electron chi connectivity index (χ4n) is 1.95. The van der Waals surface area contributed by atoms with E-state index in [-0.39, 0.29) is 9.79 Å². The van der Waals surface area contributed by atoms with Gasteiger partial charge < -0.3 is 5.73 Å². The lowest BCUT2D eigenvalue weighted by atomic mass is 10.3. The van der Waals surface area contributed by atoms with Crippen molar-refractivity contribution in [2.45, 2.75) is 9.79 Å². The number of H-pyrrole nitrogens is 1. The standard InChI is InChI=1S/C14H11N3O4S/c15-10-1-5-12(6-2-10)22(19,20)13-7-3-11(4-8-13)17-9-14(18)21-16-17/h1-9H,15H2/p+1. The van der Waals surface area contributed by atoms with Gasteiger partial charge in [0.2, 0.25) is 15.5 Å². The first-order valence-electron chi connectivity index (χ1n) is 6.28. The second-order valence-electron chi connectivity index (χ2n) is 4.58. The van der Waals surface area contributed by atoms with Crippen molar-refractivity contribution in [3.05, 3.63) is 65.1 Å². The molecule has 3 N–H and O–H groups in total. The van der Waals surface area contributed by atoms with E-state index in [4.69, 9.17) is 5.73 Å². The average molecular weight is 318 g/mol. The minimum Gasteiger partial charge on any atom is -0.399 e. The summed E-state index contributed by atoms with van der Waals surface area (Å²) in [7, 11) is -3.61. The third kappa shape index (κ3) is 2.51. The molecule has 0 amide bonds. The molecule has 0 atom stereocenters. The lowest BCUT2D eigenvalue weighted by molar-refractivity contribution is -0.670. The zero-order chi connectivity index (χ0) is 15.7. The molecule has 0 saturated heterocycles. The van der Waals surface area contributed by atoms with E-state index in [0.29, 0.717) is 11.4 Å². The summed E-state index contributed by atoms with van der Waals surface area (Å²) >= 11 is 0. The Kier molecular flexibility index (Phi) is 3.30. The molecule has 0 unspecified atom stereocenters. The minimum atomic E-state index is -3.61. The Labute approximate surface area is 125 Å². The van der Waals surface area contributed by atoms with Crippen molar-refractivity contribution in [3.63, 3.8) is 0 Å². The Morgan fingerprint density at radius 2 is 1.50 bits per heavy atom. The number of nitrogen functional groups attached to an aromatic ring is 1. The van der Waals surface area contributed by atoms with E-state index >= 15 is 0 Å². The van der Waals surface area contributed by atoms with E-state index in [1.807, 2.05) is 0 Å². The van der Waals surface area contributed by atoms with E-state index in [9.17, 15) is 13.2 Å². The Hall–Kier alpha value is -2.87. The van der Waals surface area contributed by atoms with Crippen molar-refractivity contribution in [3.8, 4) is 5.69 Å². The van der Waals surface area contributed by atoms with Gasteiger partial charge in [-0.1, -0.05) is 0 Å². The fraction of sp³-hybridized carbons (Fsp3) is 0. The predicted molar refractivity (Wildman–Crippen MR) is 77.2 cm³/mol. The highest BCUT2D eigenvalue weighted by Gasteiger charge is 2.19. The third-order valence-electron chi connectivity index (χ3n) is 3.09. The summed E-state index contributed by atoms with van der Waals surface area (Å²) < 4.78 is 30.8. The number of rotatable bonds is 3. The molecule has 3 rings (SSSR count). The normalized spacial score (nSPS) is 11.5. The van der Waals surface area contributed by atoms with Crippen LogP contribution in [0, 0.1) is 0 Å². The fourth-order valence-corrected chi connectivity index (χ4v) is 3.21. The largest absolute Gasteiger partial charge is 0.427 e. The molecule has 7 nitrogen and oxygen atoms in total. The van der Waals surface area contributed by atoms with Gasteiger partial charge >= 0.3 is 5.63 Å².